The number of hydrogen-bond acceptors (Lipinski definition) is 7. The van der Waals surface area contributed by atoms with Crippen molar-refractivity contribution in [3.8, 4) is 17.2 Å². The lowest BCUT2D eigenvalue weighted by molar-refractivity contribution is -0.0497. The van der Waals surface area contributed by atoms with Crippen molar-refractivity contribution in [2.45, 2.75) is 44.8 Å². The monoisotopic (exact) mass is 464 g/mol. The number of nitrogens with zero attached hydrogens (tertiary/aromatic N) is 2. The maximum Gasteiger partial charge on any atom is 0.226 e. The summed E-state index contributed by atoms with van der Waals surface area (Å²) in [5.41, 5.74) is 5.51. The van der Waals surface area contributed by atoms with E-state index >= 15 is 0 Å². The van der Waals surface area contributed by atoms with Crippen LogP contribution < -0.4 is 9.64 Å². The Balaban J connectivity index is 1.18. The van der Waals surface area contributed by atoms with E-state index in [1.807, 2.05) is 13.0 Å². The minimum Gasteiger partial charge on any atom is -0.493 e. The lowest BCUT2D eigenvalue weighted by Gasteiger charge is -2.28. The third kappa shape index (κ3) is 5.12. The molecule has 7 nitrogen and oxygen atoms in total. The van der Waals surface area contributed by atoms with Crippen LogP contribution in [0.2, 0.25) is 0 Å². The third-order valence-corrected chi connectivity index (χ3v) is 6.80. The first-order chi connectivity index (χ1) is 16.6. The molecule has 3 aromatic rings. The highest BCUT2D eigenvalue weighted by Gasteiger charge is 2.24. The number of anilines is 1. The lowest BCUT2D eigenvalue weighted by Crippen LogP contribution is -2.36. The highest BCUT2D eigenvalue weighted by atomic mass is 16.5. The van der Waals surface area contributed by atoms with Crippen molar-refractivity contribution >= 4 is 5.69 Å². The predicted molar refractivity (Wildman–Crippen MR) is 129 cm³/mol. The first kappa shape index (κ1) is 22.9. The summed E-state index contributed by atoms with van der Waals surface area (Å²) in [5.74, 6) is 2.50. The number of hydrogen-bond donors (Lipinski definition) is 2. The number of rotatable bonds is 8. The van der Waals surface area contributed by atoms with Crippen LogP contribution in [0.1, 0.15) is 41.3 Å². The Hall–Kier alpha value is -2.87. The van der Waals surface area contributed by atoms with E-state index in [4.69, 9.17) is 18.9 Å². The van der Waals surface area contributed by atoms with Crippen molar-refractivity contribution in [2.75, 3.05) is 37.8 Å². The van der Waals surface area contributed by atoms with E-state index in [9.17, 15) is 10.2 Å². The van der Waals surface area contributed by atoms with E-state index in [2.05, 4.69) is 41.3 Å². The van der Waals surface area contributed by atoms with Crippen molar-refractivity contribution < 1.29 is 24.1 Å². The second-order valence-corrected chi connectivity index (χ2v) is 9.08. The standard InChI is InChI=1S/C27H32N2O5/c1-18-25(10-13-33-23-8-9-24-20(16-23)2-3-21(24)17-26(30)31)28-27(34-18)19-4-6-22(7-5-19)29-11-14-32-15-12-29/h4-9,16,21,26,30-31H,2-3,10-15,17H2,1H3/t21-/m0/s1. The van der Waals surface area contributed by atoms with Crippen LogP contribution in [0.5, 0.6) is 5.75 Å². The zero-order valence-corrected chi connectivity index (χ0v) is 19.6. The normalized spacial score (nSPS) is 17.9. The summed E-state index contributed by atoms with van der Waals surface area (Å²) < 4.78 is 17.4. The van der Waals surface area contributed by atoms with Gasteiger partial charge in [0.2, 0.25) is 5.89 Å². The highest BCUT2D eigenvalue weighted by molar-refractivity contribution is 5.60. The number of aromatic nitrogens is 1. The Morgan fingerprint density at radius 1 is 1.12 bits per heavy atom. The zero-order chi connectivity index (χ0) is 23.5. The summed E-state index contributed by atoms with van der Waals surface area (Å²) in [5, 5.41) is 18.6. The quantitative estimate of drug-likeness (QED) is 0.490. The summed E-state index contributed by atoms with van der Waals surface area (Å²) >= 11 is 0. The third-order valence-electron chi connectivity index (χ3n) is 6.80. The van der Waals surface area contributed by atoms with Gasteiger partial charge in [-0.15, -0.1) is 0 Å². The van der Waals surface area contributed by atoms with Crippen molar-refractivity contribution in [3.05, 3.63) is 65.0 Å². The first-order valence-electron chi connectivity index (χ1n) is 12.1. The SMILES string of the molecule is Cc1oc(-c2ccc(N3CCOCC3)cc2)nc1CCOc1ccc2c(c1)CC[C@H]2CC(O)O. The Kier molecular flexibility index (Phi) is 6.85. The van der Waals surface area contributed by atoms with E-state index in [1.165, 1.54) is 16.8 Å². The number of aryl methyl sites for hydroxylation is 2. The summed E-state index contributed by atoms with van der Waals surface area (Å²) in [4.78, 5) is 7.05. The number of aliphatic hydroxyl groups is 2. The Labute approximate surface area is 200 Å². The van der Waals surface area contributed by atoms with Crippen molar-refractivity contribution in [2.24, 2.45) is 0 Å². The van der Waals surface area contributed by atoms with Gasteiger partial charge in [0.1, 0.15) is 11.5 Å². The van der Waals surface area contributed by atoms with Crippen LogP contribution in [0.15, 0.2) is 46.9 Å². The molecule has 7 heteroatoms. The van der Waals surface area contributed by atoms with Crippen LogP contribution in [0, 0.1) is 6.92 Å². The van der Waals surface area contributed by atoms with Gasteiger partial charge in [-0.25, -0.2) is 4.98 Å². The molecule has 0 radical (unpaired) electrons. The van der Waals surface area contributed by atoms with E-state index in [-0.39, 0.29) is 5.92 Å². The Morgan fingerprint density at radius 3 is 2.68 bits per heavy atom. The van der Waals surface area contributed by atoms with E-state index < -0.39 is 6.29 Å². The number of aliphatic hydroxyl groups excluding tert-OH is 1. The molecular formula is C27H32N2O5. The summed E-state index contributed by atoms with van der Waals surface area (Å²) in [6.07, 6.45) is 1.68. The smallest absolute Gasteiger partial charge is 0.226 e. The van der Waals surface area contributed by atoms with Crippen molar-refractivity contribution in [1.29, 1.82) is 0 Å². The molecular weight excluding hydrogens is 432 g/mol. The summed E-state index contributed by atoms with van der Waals surface area (Å²) in [7, 11) is 0. The molecule has 34 heavy (non-hydrogen) atoms. The lowest BCUT2D eigenvalue weighted by atomic mass is 9.97. The molecule has 0 unspecified atom stereocenters. The molecule has 180 valence electrons. The van der Waals surface area contributed by atoms with Gasteiger partial charge in [-0.1, -0.05) is 6.07 Å². The maximum atomic E-state index is 9.29. The highest BCUT2D eigenvalue weighted by Crippen LogP contribution is 2.37. The largest absolute Gasteiger partial charge is 0.493 e. The van der Waals surface area contributed by atoms with Gasteiger partial charge in [-0.05, 0) is 73.2 Å². The van der Waals surface area contributed by atoms with Gasteiger partial charge >= 0.3 is 0 Å². The van der Waals surface area contributed by atoms with Gasteiger partial charge < -0.3 is 29.0 Å². The van der Waals surface area contributed by atoms with Crippen LogP contribution in [0.25, 0.3) is 11.5 Å². The molecule has 1 atom stereocenters. The molecule has 5 rings (SSSR count). The number of ether oxygens (including phenoxy) is 2. The molecule has 2 heterocycles. The molecule has 1 fully saturated rings. The number of benzene rings is 2. The molecule has 0 amide bonds. The zero-order valence-electron chi connectivity index (χ0n) is 19.6. The Morgan fingerprint density at radius 2 is 1.91 bits per heavy atom. The second kappa shape index (κ2) is 10.2. The molecule has 2 aliphatic rings. The van der Waals surface area contributed by atoms with Crippen LogP contribution in [-0.4, -0.2) is 54.4 Å². The molecule has 1 aliphatic heterocycles. The molecule has 0 saturated carbocycles. The van der Waals surface area contributed by atoms with Gasteiger partial charge in [0.15, 0.2) is 6.29 Å². The fraction of sp³-hybridized carbons (Fsp3) is 0.444. The summed E-state index contributed by atoms with van der Waals surface area (Å²) in [6, 6.07) is 14.5. The average Bonchev–Trinajstić information content (AvgIpc) is 3.42. The molecule has 1 aromatic heterocycles. The van der Waals surface area contributed by atoms with Gasteiger partial charge in [-0.3, -0.25) is 0 Å². The van der Waals surface area contributed by atoms with Gasteiger partial charge in [0.25, 0.3) is 0 Å². The number of morpholine rings is 1. The second-order valence-electron chi connectivity index (χ2n) is 9.08. The molecule has 1 saturated heterocycles. The van der Waals surface area contributed by atoms with E-state index in [0.29, 0.717) is 25.3 Å². The summed E-state index contributed by atoms with van der Waals surface area (Å²) in [6.45, 7) is 5.83. The molecule has 2 N–H and O–H groups in total. The topological polar surface area (TPSA) is 88.2 Å². The van der Waals surface area contributed by atoms with E-state index in [0.717, 1.165) is 61.9 Å². The minimum absolute atomic E-state index is 0.211. The number of oxazole rings is 1. The van der Waals surface area contributed by atoms with Gasteiger partial charge in [-0.2, -0.15) is 0 Å². The molecule has 0 bridgehead atoms. The maximum absolute atomic E-state index is 9.29. The van der Waals surface area contributed by atoms with Gasteiger partial charge in [0, 0.05) is 37.2 Å². The molecule has 2 aromatic carbocycles. The van der Waals surface area contributed by atoms with E-state index in [1.54, 1.807) is 0 Å². The minimum atomic E-state index is -1.26. The van der Waals surface area contributed by atoms with Crippen molar-refractivity contribution in [1.82, 2.24) is 4.98 Å². The average molecular weight is 465 g/mol. The number of fused-ring (bicyclic) bond motifs is 1. The van der Waals surface area contributed by atoms with Crippen LogP contribution in [0.3, 0.4) is 0 Å². The predicted octanol–water partition coefficient (Wildman–Crippen LogP) is 3.84. The fourth-order valence-electron chi connectivity index (χ4n) is 4.96. The van der Waals surface area contributed by atoms with Crippen molar-refractivity contribution in [3.63, 3.8) is 0 Å². The molecule has 1 aliphatic carbocycles. The first-order valence-corrected chi connectivity index (χ1v) is 12.1. The molecule has 0 spiro atoms. The fourth-order valence-corrected chi connectivity index (χ4v) is 4.96. The van der Waals surface area contributed by atoms with Gasteiger partial charge in [0.05, 0.1) is 25.5 Å². The van der Waals surface area contributed by atoms with Crippen LogP contribution >= 0.6 is 0 Å². The Bertz CT molecular complexity index is 1100. The van der Waals surface area contributed by atoms with Crippen LogP contribution in [0.4, 0.5) is 5.69 Å². The van der Waals surface area contributed by atoms with Crippen LogP contribution in [-0.2, 0) is 17.6 Å².